The summed E-state index contributed by atoms with van der Waals surface area (Å²) in [6.07, 6.45) is 8.08. The van der Waals surface area contributed by atoms with Crippen LogP contribution in [0.5, 0.6) is 0 Å². The summed E-state index contributed by atoms with van der Waals surface area (Å²) in [6.45, 7) is 0.639. The second-order valence-electron chi connectivity index (χ2n) is 5.87. The van der Waals surface area contributed by atoms with Crippen LogP contribution in [0, 0.1) is 3.95 Å². The summed E-state index contributed by atoms with van der Waals surface area (Å²) in [5.41, 5.74) is 8.51. The smallest absolute Gasteiger partial charge is 0.265 e. The van der Waals surface area contributed by atoms with Gasteiger partial charge in [-0.25, -0.2) is 0 Å². The molecule has 1 aromatic carbocycles. The van der Waals surface area contributed by atoms with Gasteiger partial charge < -0.3 is 11.1 Å². The summed E-state index contributed by atoms with van der Waals surface area (Å²) in [4.78, 5) is 12.9. The lowest BCUT2D eigenvalue weighted by molar-refractivity contribution is 0.0958. The molecule has 0 saturated carbocycles. The fourth-order valence-electron chi connectivity index (χ4n) is 2.92. The van der Waals surface area contributed by atoms with Gasteiger partial charge in [0.2, 0.25) is 0 Å². The highest BCUT2D eigenvalue weighted by Gasteiger charge is 2.17. The molecule has 0 spiro atoms. The van der Waals surface area contributed by atoms with Crippen molar-refractivity contribution < 1.29 is 4.79 Å². The van der Waals surface area contributed by atoms with Crippen LogP contribution in [-0.2, 0) is 0 Å². The standard InChI is InChI=1S/C18H21N3OS2/c19-16-15(17(22)20-12-11-13-7-3-1-4-8-13)24-18(23)21(16)14-9-5-2-6-10-14/h2,5-7,9-10H,1,3-4,8,11-12,19H2,(H,20,22). The van der Waals surface area contributed by atoms with Crippen molar-refractivity contribution in [1.29, 1.82) is 0 Å². The Hall–Kier alpha value is -1.92. The number of anilines is 1. The van der Waals surface area contributed by atoms with Crippen LogP contribution in [0.1, 0.15) is 41.8 Å². The molecule has 126 valence electrons. The Labute approximate surface area is 151 Å². The highest BCUT2D eigenvalue weighted by Crippen LogP contribution is 2.26. The first-order chi connectivity index (χ1) is 11.7. The summed E-state index contributed by atoms with van der Waals surface area (Å²) in [5.74, 6) is 0.264. The number of rotatable bonds is 5. The molecule has 0 radical (unpaired) electrons. The zero-order valence-electron chi connectivity index (χ0n) is 13.5. The monoisotopic (exact) mass is 359 g/mol. The number of benzene rings is 1. The molecule has 6 heteroatoms. The molecular weight excluding hydrogens is 338 g/mol. The van der Waals surface area contributed by atoms with E-state index in [1.807, 2.05) is 30.3 Å². The first kappa shape index (κ1) is 16.9. The van der Waals surface area contributed by atoms with Gasteiger partial charge in [0, 0.05) is 12.2 Å². The molecule has 0 atom stereocenters. The van der Waals surface area contributed by atoms with Crippen LogP contribution in [0.15, 0.2) is 42.0 Å². The Balaban J connectivity index is 1.69. The largest absolute Gasteiger partial charge is 0.383 e. The van der Waals surface area contributed by atoms with Crippen LogP contribution >= 0.6 is 23.6 Å². The third-order valence-corrected chi connectivity index (χ3v) is 5.57. The fraction of sp³-hybridized carbons (Fsp3) is 0.333. The van der Waals surface area contributed by atoms with Crippen molar-refractivity contribution in [2.75, 3.05) is 12.3 Å². The molecular formula is C18H21N3OS2. The maximum atomic E-state index is 12.4. The predicted octanol–water partition coefficient (Wildman–Crippen LogP) is 4.47. The zero-order chi connectivity index (χ0) is 16.9. The first-order valence-corrected chi connectivity index (χ1v) is 9.42. The van der Waals surface area contributed by atoms with Gasteiger partial charge in [-0.3, -0.25) is 9.36 Å². The number of amides is 1. The Morgan fingerprint density at radius 2 is 2.08 bits per heavy atom. The van der Waals surface area contributed by atoms with Crippen molar-refractivity contribution in [1.82, 2.24) is 9.88 Å². The second-order valence-corrected chi connectivity index (χ2v) is 7.51. The minimum atomic E-state index is -0.144. The van der Waals surface area contributed by atoms with Crippen molar-refractivity contribution in [3.05, 3.63) is 50.8 Å². The number of aromatic nitrogens is 1. The topological polar surface area (TPSA) is 60.1 Å². The lowest BCUT2D eigenvalue weighted by Crippen LogP contribution is -2.25. The van der Waals surface area contributed by atoms with Crippen LogP contribution in [0.4, 0.5) is 5.82 Å². The maximum absolute atomic E-state index is 12.4. The minimum absolute atomic E-state index is 0.144. The van der Waals surface area contributed by atoms with E-state index in [4.69, 9.17) is 18.0 Å². The summed E-state index contributed by atoms with van der Waals surface area (Å²) >= 11 is 6.64. The fourth-order valence-corrected chi connectivity index (χ4v) is 4.20. The number of carbonyl (C=O) groups is 1. The molecule has 1 aliphatic carbocycles. The number of nitrogens with one attached hydrogen (secondary N) is 1. The van der Waals surface area contributed by atoms with E-state index in [2.05, 4.69) is 11.4 Å². The van der Waals surface area contributed by atoms with Crippen molar-refractivity contribution in [2.45, 2.75) is 32.1 Å². The van der Waals surface area contributed by atoms with Gasteiger partial charge in [0.1, 0.15) is 10.7 Å². The molecule has 3 N–H and O–H groups in total. The second kappa shape index (κ2) is 7.77. The Morgan fingerprint density at radius 1 is 1.29 bits per heavy atom. The molecule has 24 heavy (non-hydrogen) atoms. The number of carbonyl (C=O) groups excluding carboxylic acids is 1. The Kier molecular flexibility index (Phi) is 5.48. The average molecular weight is 360 g/mol. The summed E-state index contributed by atoms with van der Waals surface area (Å²) in [5, 5.41) is 2.97. The van der Waals surface area contributed by atoms with E-state index in [1.165, 1.54) is 29.8 Å². The first-order valence-electron chi connectivity index (χ1n) is 8.19. The zero-order valence-corrected chi connectivity index (χ0v) is 15.1. The number of nitrogens with two attached hydrogens (primary N) is 1. The van der Waals surface area contributed by atoms with Crippen molar-refractivity contribution >= 4 is 35.3 Å². The lowest BCUT2D eigenvalue weighted by Gasteiger charge is -2.12. The number of para-hydroxylation sites is 1. The number of hydrogen-bond donors (Lipinski definition) is 2. The molecule has 0 saturated heterocycles. The minimum Gasteiger partial charge on any atom is -0.383 e. The average Bonchev–Trinajstić information content (AvgIpc) is 2.91. The van der Waals surface area contributed by atoms with Gasteiger partial charge in [-0.2, -0.15) is 0 Å². The van der Waals surface area contributed by atoms with Crippen LogP contribution in [-0.4, -0.2) is 17.0 Å². The van der Waals surface area contributed by atoms with Gasteiger partial charge >= 0.3 is 0 Å². The molecule has 3 rings (SSSR count). The normalized spacial score (nSPS) is 14.2. The number of nitrogens with zero attached hydrogens (tertiary/aromatic N) is 1. The molecule has 1 amide bonds. The van der Waals surface area contributed by atoms with E-state index in [0.717, 1.165) is 24.9 Å². The van der Waals surface area contributed by atoms with E-state index < -0.39 is 0 Å². The van der Waals surface area contributed by atoms with Crippen LogP contribution in [0.2, 0.25) is 0 Å². The number of thiazole rings is 1. The Morgan fingerprint density at radius 3 is 2.79 bits per heavy atom. The number of allylic oxidation sites excluding steroid dienone is 1. The molecule has 0 aliphatic heterocycles. The van der Waals surface area contributed by atoms with E-state index in [-0.39, 0.29) is 5.91 Å². The quantitative estimate of drug-likeness (QED) is 0.611. The highest BCUT2D eigenvalue weighted by atomic mass is 32.1. The maximum Gasteiger partial charge on any atom is 0.265 e. The molecule has 0 bridgehead atoms. The van der Waals surface area contributed by atoms with E-state index in [9.17, 15) is 4.79 Å². The highest BCUT2D eigenvalue weighted by molar-refractivity contribution is 7.73. The van der Waals surface area contributed by atoms with E-state index >= 15 is 0 Å². The Bertz CT molecular complexity index is 805. The van der Waals surface area contributed by atoms with Gasteiger partial charge in [-0.05, 0) is 56.5 Å². The van der Waals surface area contributed by atoms with E-state index in [1.54, 1.807) is 4.57 Å². The molecule has 1 aromatic heterocycles. The van der Waals surface area contributed by atoms with Crippen LogP contribution < -0.4 is 11.1 Å². The van der Waals surface area contributed by atoms with E-state index in [0.29, 0.717) is 21.2 Å². The van der Waals surface area contributed by atoms with Crippen LogP contribution in [0.3, 0.4) is 0 Å². The van der Waals surface area contributed by atoms with Gasteiger partial charge in [0.05, 0.1) is 0 Å². The molecule has 0 fully saturated rings. The predicted molar refractivity (Wildman–Crippen MR) is 102 cm³/mol. The lowest BCUT2D eigenvalue weighted by atomic mass is 9.97. The van der Waals surface area contributed by atoms with Gasteiger partial charge in [-0.1, -0.05) is 41.2 Å². The third-order valence-electron chi connectivity index (χ3n) is 4.18. The third kappa shape index (κ3) is 3.76. The summed E-state index contributed by atoms with van der Waals surface area (Å²) < 4.78 is 2.33. The number of nitrogen functional groups attached to an aromatic ring is 1. The van der Waals surface area contributed by atoms with Gasteiger partial charge in [0.15, 0.2) is 3.95 Å². The summed E-state index contributed by atoms with van der Waals surface area (Å²) in [7, 11) is 0. The molecule has 4 nitrogen and oxygen atoms in total. The van der Waals surface area contributed by atoms with Crippen molar-refractivity contribution in [2.24, 2.45) is 0 Å². The molecule has 1 aliphatic rings. The molecule has 0 unspecified atom stereocenters. The van der Waals surface area contributed by atoms with Gasteiger partial charge in [0.25, 0.3) is 5.91 Å². The van der Waals surface area contributed by atoms with Crippen LogP contribution in [0.25, 0.3) is 5.69 Å². The van der Waals surface area contributed by atoms with Crippen molar-refractivity contribution in [3.8, 4) is 5.69 Å². The molecule has 1 heterocycles. The van der Waals surface area contributed by atoms with Gasteiger partial charge in [-0.15, -0.1) is 0 Å². The summed E-state index contributed by atoms with van der Waals surface area (Å²) in [6, 6.07) is 9.63. The number of hydrogen-bond acceptors (Lipinski definition) is 4. The SMILES string of the molecule is Nc1c(C(=O)NCCC2=CCCCC2)sc(=S)n1-c1ccccc1. The van der Waals surface area contributed by atoms with Crippen molar-refractivity contribution in [3.63, 3.8) is 0 Å². The molecule has 2 aromatic rings.